The number of ether oxygens (including phenoxy) is 1. The number of nitrogens with zero attached hydrogens (tertiary/aromatic N) is 4. The molecule has 1 atom stereocenters. The first kappa shape index (κ1) is 22.1. The Bertz CT molecular complexity index is 1060. The summed E-state index contributed by atoms with van der Waals surface area (Å²) >= 11 is 0. The third kappa shape index (κ3) is 5.97. The van der Waals surface area contributed by atoms with Gasteiger partial charge in [-0.25, -0.2) is 4.68 Å². The minimum atomic E-state index is 0.236. The molecule has 166 valence electrons. The molecule has 0 bridgehead atoms. The number of hydrogen-bond donors (Lipinski definition) is 1. The van der Waals surface area contributed by atoms with Crippen molar-refractivity contribution in [1.29, 1.82) is 0 Å². The van der Waals surface area contributed by atoms with E-state index < -0.39 is 0 Å². The zero-order valence-electron chi connectivity index (χ0n) is 18.9. The van der Waals surface area contributed by atoms with E-state index in [9.17, 15) is 0 Å². The molecule has 2 aromatic carbocycles. The zero-order chi connectivity index (χ0) is 22.2. The van der Waals surface area contributed by atoms with Crippen LogP contribution in [0, 0.1) is 11.8 Å². The summed E-state index contributed by atoms with van der Waals surface area (Å²) in [4.78, 5) is 2.09. The van der Waals surface area contributed by atoms with E-state index in [0.29, 0.717) is 6.54 Å². The zero-order valence-corrected chi connectivity index (χ0v) is 18.9. The molecule has 1 aliphatic rings. The SMILES string of the molecule is CN(C)c1cc(C#CCNCc2ccccc2)ccc1-c1cn(CC2CCCCO2)nn1. The molecule has 1 aliphatic heterocycles. The molecular formula is C26H31N5O. The number of rotatable bonds is 7. The van der Waals surface area contributed by atoms with Gasteiger partial charge in [0.15, 0.2) is 0 Å². The van der Waals surface area contributed by atoms with E-state index in [4.69, 9.17) is 4.74 Å². The summed E-state index contributed by atoms with van der Waals surface area (Å²) in [5.41, 5.74) is 5.25. The topological polar surface area (TPSA) is 55.2 Å². The Morgan fingerprint density at radius 1 is 1.16 bits per heavy atom. The summed E-state index contributed by atoms with van der Waals surface area (Å²) < 4.78 is 7.74. The van der Waals surface area contributed by atoms with Crippen LogP contribution >= 0.6 is 0 Å². The van der Waals surface area contributed by atoms with Gasteiger partial charge in [0.25, 0.3) is 0 Å². The van der Waals surface area contributed by atoms with E-state index in [1.165, 1.54) is 12.0 Å². The first-order valence-corrected chi connectivity index (χ1v) is 11.3. The van der Waals surface area contributed by atoms with Crippen molar-refractivity contribution < 1.29 is 4.74 Å². The van der Waals surface area contributed by atoms with Crippen LogP contribution in [0.25, 0.3) is 11.3 Å². The van der Waals surface area contributed by atoms with E-state index in [0.717, 1.165) is 55.0 Å². The normalized spacial score (nSPS) is 15.8. The van der Waals surface area contributed by atoms with Gasteiger partial charge in [-0.05, 0) is 43.0 Å². The van der Waals surface area contributed by atoms with Crippen molar-refractivity contribution in [2.45, 2.75) is 38.5 Å². The van der Waals surface area contributed by atoms with E-state index in [-0.39, 0.29) is 6.10 Å². The Morgan fingerprint density at radius 2 is 2.03 bits per heavy atom. The lowest BCUT2D eigenvalue weighted by atomic mass is 10.1. The molecule has 0 spiro atoms. The lowest BCUT2D eigenvalue weighted by molar-refractivity contribution is 0.00370. The van der Waals surface area contributed by atoms with Crippen LogP contribution in [0.15, 0.2) is 54.7 Å². The summed E-state index contributed by atoms with van der Waals surface area (Å²) in [6, 6.07) is 16.6. The lowest BCUT2D eigenvalue weighted by Crippen LogP contribution is -2.24. The fourth-order valence-electron chi connectivity index (χ4n) is 3.88. The molecular weight excluding hydrogens is 398 g/mol. The minimum absolute atomic E-state index is 0.236. The fourth-order valence-corrected chi connectivity index (χ4v) is 3.88. The van der Waals surface area contributed by atoms with Crippen LogP contribution < -0.4 is 10.2 Å². The van der Waals surface area contributed by atoms with Crippen molar-refractivity contribution in [3.05, 3.63) is 65.9 Å². The van der Waals surface area contributed by atoms with Crippen LogP contribution in [0.2, 0.25) is 0 Å². The van der Waals surface area contributed by atoms with Gasteiger partial charge >= 0.3 is 0 Å². The Labute approximate surface area is 190 Å². The average molecular weight is 430 g/mol. The van der Waals surface area contributed by atoms with Crippen molar-refractivity contribution in [1.82, 2.24) is 20.3 Å². The molecule has 0 radical (unpaired) electrons. The van der Waals surface area contributed by atoms with Crippen molar-refractivity contribution >= 4 is 5.69 Å². The van der Waals surface area contributed by atoms with Gasteiger partial charge < -0.3 is 15.0 Å². The van der Waals surface area contributed by atoms with Crippen LogP contribution in [0.1, 0.15) is 30.4 Å². The summed E-state index contributed by atoms with van der Waals surface area (Å²) in [6.45, 7) is 3.07. The molecule has 4 rings (SSSR count). The second-order valence-electron chi connectivity index (χ2n) is 8.33. The van der Waals surface area contributed by atoms with Gasteiger partial charge in [0, 0.05) is 44.1 Å². The Kier molecular flexibility index (Phi) is 7.55. The average Bonchev–Trinajstić information content (AvgIpc) is 3.28. The van der Waals surface area contributed by atoms with Crippen molar-refractivity contribution in [3.63, 3.8) is 0 Å². The Balaban J connectivity index is 1.41. The van der Waals surface area contributed by atoms with Crippen LogP contribution in [0.5, 0.6) is 0 Å². The number of anilines is 1. The van der Waals surface area contributed by atoms with Crippen LogP contribution in [-0.4, -0.2) is 48.3 Å². The molecule has 1 aromatic heterocycles. The van der Waals surface area contributed by atoms with Crippen LogP contribution in [0.3, 0.4) is 0 Å². The fraction of sp³-hybridized carbons (Fsp3) is 0.385. The Hall–Kier alpha value is -3.14. The molecule has 0 saturated carbocycles. The largest absolute Gasteiger partial charge is 0.377 e. The minimum Gasteiger partial charge on any atom is -0.377 e. The van der Waals surface area contributed by atoms with Gasteiger partial charge in [0.2, 0.25) is 0 Å². The molecule has 32 heavy (non-hydrogen) atoms. The summed E-state index contributed by atoms with van der Waals surface area (Å²) in [5, 5.41) is 12.1. The maximum absolute atomic E-state index is 5.84. The molecule has 0 aliphatic carbocycles. The third-order valence-electron chi connectivity index (χ3n) is 5.58. The molecule has 1 N–H and O–H groups in total. The molecule has 1 fully saturated rings. The second-order valence-corrected chi connectivity index (χ2v) is 8.33. The molecule has 1 saturated heterocycles. The van der Waals surface area contributed by atoms with Gasteiger partial charge in [-0.1, -0.05) is 47.4 Å². The van der Waals surface area contributed by atoms with E-state index >= 15 is 0 Å². The quantitative estimate of drug-likeness (QED) is 0.458. The standard InChI is InChI=1S/C26H31N5O/c1-30(2)26-17-21(11-8-15-27-18-22-9-4-3-5-10-22)13-14-24(26)25-20-31(29-28-25)19-23-12-6-7-16-32-23/h3-5,9-10,13-14,17,20,23,27H,6-7,12,15-16,18-19H2,1-2H3. The second kappa shape index (κ2) is 10.9. The molecule has 6 nitrogen and oxygen atoms in total. The highest BCUT2D eigenvalue weighted by atomic mass is 16.5. The van der Waals surface area contributed by atoms with Gasteiger partial charge in [-0.3, -0.25) is 0 Å². The lowest BCUT2D eigenvalue weighted by Gasteiger charge is -2.21. The van der Waals surface area contributed by atoms with Crippen molar-refractivity contribution in [3.8, 4) is 23.1 Å². The molecule has 1 unspecified atom stereocenters. The van der Waals surface area contributed by atoms with E-state index in [2.05, 4.69) is 74.8 Å². The predicted octanol–water partition coefficient (Wildman–Crippen LogP) is 3.72. The molecule has 6 heteroatoms. The molecule has 3 aromatic rings. The first-order valence-electron chi connectivity index (χ1n) is 11.3. The van der Waals surface area contributed by atoms with Crippen LogP contribution in [-0.2, 0) is 17.8 Å². The van der Waals surface area contributed by atoms with Gasteiger partial charge in [0.05, 0.1) is 25.4 Å². The molecule has 2 heterocycles. The highest BCUT2D eigenvalue weighted by molar-refractivity contribution is 5.77. The van der Waals surface area contributed by atoms with E-state index in [1.54, 1.807) is 0 Å². The molecule has 0 amide bonds. The number of aromatic nitrogens is 3. The highest BCUT2D eigenvalue weighted by Crippen LogP contribution is 2.29. The van der Waals surface area contributed by atoms with Gasteiger partial charge in [-0.2, -0.15) is 0 Å². The van der Waals surface area contributed by atoms with Crippen molar-refractivity contribution in [2.24, 2.45) is 0 Å². The van der Waals surface area contributed by atoms with Crippen LogP contribution in [0.4, 0.5) is 5.69 Å². The summed E-state index contributed by atoms with van der Waals surface area (Å²) in [6.07, 6.45) is 5.72. The number of hydrogen-bond acceptors (Lipinski definition) is 5. The van der Waals surface area contributed by atoms with Crippen molar-refractivity contribution in [2.75, 3.05) is 32.1 Å². The van der Waals surface area contributed by atoms with Gasteiger partial charge in [0.1, 0.15) is 5.69 Å². The maximum atomic E-state index is 5.84. The maximum Gasteiger partial charge on any atom is 0.115 e. The van der Waals surface area contributed by atoms with E-state index in [1.807, 2.05) is 31.0 Å². The number of nitrogens with one attached hydrogen (secondary N) is 1. The Morgan fingerprint density at radius 3 is 2.81 bits per heavy atom. The smallest absolute Gasteiger partial charge is 0.115 e. The first-order chi connectivity index (χ1) is 15.7. The highest BCUT2D eigenvalue weighted by Gasteiger charge is 2.17. The predicted molar refractivity (Wildman–Crippen MR) is 128 cm³/mol. The summed E-state index contributed by atoms with van der Waals surface area (Å²) in [7, 11) is 4.08. The number of benzene rings is 2. The van der Waals surface area contributed by atoms with Gasteiger partial charge in [-0.15, -0.1) is 5.10 Å². The summed E-state index contributed by atoms with van der Waals surface area (Å²) in [5.74, 6) is 6.49. The third-order valence-corrected chi connectivity index (χ3v) is 5.58. The monoisotopic (exact) mass is 429 g/mol.